The number of hydrogen-bond acceptors (Lipinski definition) is 4. The van der Waals surface area contributed by atoms with Gasteiger partial charge in [-0.3, -0.25) is 4.79 Å². The minimum absolute atomic E-state index is 0.325. The van der Waals surface area contributed by atoms with Crippen molar-refractivity contribution >= 4 is 40.8 Å². The molecule has 0 aliphatic carbocycles. The number of hydrogen-bond donors (Lipinski definition) is 2. The van der Waals surface area contributed by atoms with Gasteiger partial charge in [0.25, 0.3) is 0 Å². The summed E-state index contributed by atoms with van der Waals surface area (Å²) in [6, 6.07) is 3.72. The van der Waals surface area contributed by atoms with Crippen LogP contribution in [0, 0.1) is 0 Å². The third-order valence-electron chi connectivity index (χ3n) is 2.61. The number of esters is 1. The van der Waals surface area contributed by atoms with Gasteiger partial charge in [-0.05, 0) is 32.0 Å². The fourth-order valence-electron chi connectivity index (χ4n) is 1.48. The quantitative estimate of drug-likeness (QED) is 0.818. The molecule has 2 N–H and O–H groups in total. The van der Waals surface area contributed by atoms with Crippen LogP contribution in [0.1, 0.15) is 13.8 Å². The van der Waals surface area contributed by atoms with Gasteiger partial charge < -0.3 is 15.4 Å². The van der Waals surface area contributed by atoms with Crippen LogP contribution >= 0.6 is 23.2 Å². The van der Waals surface area contributed by atoms with Crippen LogP contribution in [0.15, 0.2) is 18.2 Å². The molecule has 0 heterocycles. The number of halogens is 2. The molecule has 5 nitrogen and oxygen atoms in total. The Morgan fingerprint density at radius 2 is 1.80 bits per heavy atom. The van der Waals surface area contributed by atoms with Gasteiger partial charge in [0.15, 0.2) is 0 Å². The van der Waals surface area contributed by atoms with Crippen molar-refractivity contribution in [3.05, 3.63) is 28.2 Å². The molecule has 0 bridgehead atoms. The average Bonchev–Trinajstić information content (AvgIpc) is 2.41. The lowest BCUT2D eigenvalue weighted by atomic mass is 10.2. The molecule has 0 radical (unpaired) electrons. The molecule has 0 spiro atoms. The van der Waals surface area contributed by atoms with Crippen LogP contribution < -0.4 is 10.6 Å². The minimum Gasteiger partial charge on any atom is -0.467 e. The van der Waals surface area contributed by atoms with E-state index in [9.17, 15) is 9.59 Å². The molecule has 110 valence electrons. The SMILES string of the molecule is COC(=O)[C@H](C)NC(=O)C(C)Nc1ccc(Cl)c(Cl)c1. The number of methoxy groups -OCH3 is 1. The highest BCUT2D eigenvalue weighted by Gasteiger charge is 2.20. The number of nitrogens with one attached hydrogen (secondary N) is 2. The zero-order valence-electron chi connectivity index (χ0n) is 11.4. The Morgan fingerprint density at radius 1 is 1.15 bits per heavy atom. The summed E-state index contributed by atoms with van der Waals surface area (Å²) in [5, 5.41) is 6.34. The normalized spacial score (nSPS) is 13.2. The second-order valence-corrected chi connectivity index (χ2v) is 5.06. The van der Waals surface area contributed by atoms with E-state index in [0.29, 0.717) is 15.7 Å². The van der Waals surface area contributed by atoms with Crippen molar-refractivity contribution in [2.24, 2.45) is 0 Å². The van der Waals surface area contributed by atoms with Gasteiger partial charge in [-0.25, -0.2) is 4.79 Å². The van der Waals surface area contributed by atoms with Gasteiger partial charge in [0.05, 0.1) is 17.2 Å². The molecule has 0 fully saturated rings. The molecule has 1 aromatic carbocycles. The van der Waals surface area contributed by atoms with Crippen molar-refractivity contribution in [2.75, 3.05) is 12.4 Å². The summed E-state index contributed by atoms with van der Waals surface area (Å²) < 4.78 is 4.53. The molecular weight excluding hydrogens is 303 g/mol. The summed E-state index contributed by atoms with van der Waals surface area (Å²) in [5.41, 5.74) is 0.660. The van der Waals surface area contributed by atoms with E-state index in [2.05, 4.69) is 15.4 Å². The molecular formula is C13H16Cl2N2O3. The van der Waals surface area contributed by atoms with Crippen LogP contribution in [0.2, 0.25) is 10.0 Å². The van der Waals surface area contributed by atoms with Crippen LogP contribution in [0.4, 0.5) is 5.69 Å². The number of amides is 1. The number of carbonyl (C=O) groups is 2. The fraction of sp³-hybridized carbons (Fsp3) is 0.385. The average molecular weight is 319 g/mol. The Kier molecular flexibility index (Phi) is 6.10. The standard InChI is InChI=1S/C13H16Cl2N2O3/c1-7(12(18)17-8(2)13(19)20-3)16-9-4-5-10(14)11(15)6-9/h4-8,16H,1-3H3,(H,17,18)/t7?,8-/m0/s1. The predicted octanol–water partition coefficient (Wildman–Crippen LogP) is 2.47. The van der Waals surface area contributed by atoms with Gasteiger partial charge >= 0.3 is 5.97 Å². The molecule has 1 rings (SSSR count). The highest BCUT2D eigenvalue weighted by Crippen LogP contribution is 2.25. The van der Waals surface area contributed by atoms with E-state index in [-0.39, 0.29) is 5.91 Å². The summed E-state index contributed by atoms with van der Waals surface area (Å²) in [6.07, 6.45) is 0. The van der Waals surface area contributed by atoms with Crippen LogP contribution in [0.3, 0.4) is 0 Å². The first kappa shape index (κ1) is 16.6. The van der Waals surface area contributed by atoms with Crippen molar-refractivity contribution in [1.82, 2.24) is 5.32 Å². The minimum atomic E-state index is -0.703. The van der Waals surface area contributed by atoms with E-state index in [1.54, 1.807) is 32.0 Å². The third kappa shape index (κ3) is 4.58. The van der Waals surface area contributed by atoms with Gasteiger partial charge in [-0.15, -0.1) is 0 Å². The predicted molar refractivity (Wildman–Crippen MR) is 79.2 cm³/mol. The Labute approximate surface area is 127 Å². The van der Waals surface area contributed by atoms with Crippen LogP contribution in [0.25, 0.3) is 0 Å². The lowest BCUT2D eigenvalue weighted by molar-refractivity contribution is -0.144. The number of ether oxygens (including phenoxy) is 1. The maximum absolute atomic E-state index is 11.9. The molecule has 1 aromatic rings. The highest BCUT2D eigenvalue weighted by molar-refractivity contribution is 6.42. The van der Waals surface area contributed by atoms with E-state index in [4.69, 9.17) is 23.2 Å². The summed E-state index contributed by atoms with van der Waals surface area (Å²) in [4.78, 5) is 23.1. The first-order chi connectivity index (χ1) is 9.35. The largest absolute Gasteiger partial charge is 0.467 e. The lowest BCUT2D eigenvalue weighted by Crippen LogP contribution is -2.45. The zero-order valence-corrected chi connectivity index (χ0v) is 12.9. The maximum Gasteiger partial charge on any atom is 0.328 e. The maximum atomic E-state index is 11.9. The Balaban J connectivity index is 2.61. The summed E-state index contributed by atoms with van der Waals surface area (Å²) in [5.74, 6) is -0.825. The monoisotopic (exact) mass is 318 g/mol. The van der Waals surface area contributed by atoms with Crippen molar-refractivity contribution in [2.45, 2.75) is 25.9 Å². The smallest absolute Gasteiger partial charge is 0.328 e. The van der Waals surface area contributed by atoms with Gasteiger partial charge in [-0.2, -0.15) is 0 Å². The van der Waals surface area contributed by atoms with Gasteiger partial charge in [0, 0.05) is 5.69 Å². The molecule has 0 aromatic heterocycles. The van der Waals surface area contributed by atoms with Crippen LogP contribution in [-0.2, 0) is 14.3 Å². The number of rotatable bonds is 5. The summed E-state index contributed by atoms with van der Waals surface area (Å²) >= 11 is 11.7. The van der Waals surface area contributed by atoms with Gasteiger partial charge in [-0.1, -0.05) is 23.2 Å². The van der Waals surface area contributed by atoms with E-state index in [0.717, 1.165) is 0 Å². The Hall–Kier alpha value is -1.46. The second kappa shape index (κ2) is 7.36. The molecule has 0 aliphatic heterocycles. The Bertz CT molecular complexity index is 508. The van der Waals surface area contributed by atoms with Crippen LogP contribution in [0.5, 0.6) is 0 Å². The van der Waals surface area contributed by atoms with Gasteiger partial charge in [0.2, 0.25) is 5.91 Å². The first-order valence-corrected chi connectivity index (χ1v) is 6.70. The molecule has 1 amide bonds. The molecule has 2 atom stereocenters. The molecule has 7 heteroatoms. The van der Waals surface area contributed by atoms with Crippen LogP contribution in [-0.4, -0.2) is 31.1 Å². The lowest BCUT2D eigenvalue weighted by Gasteiger charge is -2.18. The molecule has 20 heavy (non-hydrogen) atoms. The Morgan fingerprint density at radius 3 is 2.35 bits per heavy atom. The topological polar surface area (TPSA) is 67.4 Å². The molecule has 0 saturated heterocycles. The zero-order chi connectivity index (χ0) is 15.3. The third-order valence-corrected chi connectivity index (χ3v) is 3.35. The van der Waals surface area contributed by atoms with E-state index >= 15 is 0 Å². The number of anilines is 1. The van der Waals surface area contributed by atoms with Crippen molar-refractivity contribution < 1.29 is 14.3 Å². The summed E-state index contributed by atoms with van der Waals surface area (Å²) in [6.45, 7) is 3.22. The number of carbonyl (C=O) groups excluding carboxylic acids is 2. The molecule has 1 unspecified atom stereocenters. The fourth-order valence-corrected chi connectivity index (χ4v) is 1.77. The van der Waals surface area contributed by atoms with Crippen molar-refractivity contribution in [3.8, 4) is 0 Å². The van der Waals surface area contributed by atoms with E-state index < -0.39 is 18.1 Å². The van der Waals surface area contributed by atoms with E-state index in [1.165, 1.54) is 7.11 Å². The first-order valence-electron chi connectivity index (χ1n) is 5.95. The number of benzene rings is 1. The highest BCUT2D eigenvalue weighted by atomic mass is 35.5. The van der Waals surface area contributed by atoms with Gasteiger partial charge in [0.1, 0.15) is 12.1 Å². The second-order valence-electron chi connectivity index (χ2n) is 4.25. The van der Waals surface area contributed by atoms with E-state index in [1.807, 2.05) is 0 Å². The summed E-state index contributed by atoms with van der Waals surface area (Å²) in [7, 11) is 1.27. The van der Waals surface area contributed by atoms with Crippen molar-refractivity contribution in [1.29, 1.82) is 0 Å². The molecule has 0 aliphatic rings. The van der Waals surface area contributed by atoms with Crippen molar-refractivity contribution in [3.63, 3.8) is 0 Å². The molecule has 0 saturated carbocycles.